The summed E-state index contributed by atoms with van der Waals surface area (Å²) in [6.45, 7) is 4.97. The van der Waals surface area contributed by atoms with E-state index in [0.29, 0.717) is 19.4 Å². The van der Waals surface area contributed by atoms with Crippen molar-refractivity contribution in [1.82, 2.24) is 10.6 Å². The lowest BCUT2D eigenvalue weighted by molar-refractivity contribution is -0.122. The summed E-state index contributed by atoms with van der Waals surface area (Å²) in [6, 6.07) is 0.149. The number of unbranched alkanes of at least 4 members (excludes halogenated alkanes) is 3. The Morgan fingerprint density at radius 3 is 2.21 bits per heavy atom. The normalized spacial score (nSPS) is 9.89. The van der Waals surface area contributed by atoms with Gasteiger partial charge in [0.1, 0.15) is 0 Å². The summed E-state index contributed by atoms with van der Waals surface area (Å²) < 4.78 is 0. The third-order valence-corrected chi connectivity index (χ3v) is 2.48. The summed E-state index contributed by atoms with van der Waals surface area (Å²) >= 11 is 0. The van der Waals surface area contributed by atoms with Crippen LogP contribution < -0.4 is 16.4 Å². The molecule has 0 spiro atoms. The van der Waals surface area contributed by atoms with Gasteiger partial charge in [-0.2, -0.15) is 0 Å². The lowest BCUT2D eigenvalue weighted by Gasteiger charge is -2.08. The van der Waals surface area contributed by atoms with Crippen molar-refractivity contribution >= 4 is 24.2 Å². The van der Waals surface area contributed by atoms with E-state index in [-0.39, 0.29) is 30.3 Å². The minimum atomic E-state index is -0.0201. The summed E-state index contributed by atoms with van der Waals surface area (Å²) in [5.41, 5.74) is 5.38. The molecule has 0 aromatic rings. The molecule has 19 heavy (non-hydrogen) atoms. The molecule has 0 radical (unpaired) electrons. The first-order chi connectivity index (χ1) is 8.56. The zero-order valence-corrected chi connectivity index (χ0v) is 12.9. The predicted octanol–water partition coefficient (Wildman–Crippen LogP) is 1.35. The molecule has 0 unspecified atom stereocenters. The van der Waals surface area contributed by atoms with Crippen LogP contribution in [0.15, 0.2) is 0 Å². The fourth-order valence-electron chi connectivity index (χ4n) is 1.58. The third-order valence-electron chi connectivity index (χ3n) is 2.48. The predicted molar refractivity (Wildman–Crippen MR) is 80.3 cm³/mol. The summed E-state index contributed by atoms with van der Waals surface area (Å²) in [5.74, 6) is 0.00772. The van der Waals surface area contributed by atoms with E-state index in [1.165, 1.54) is 0 Å². The van der Waals surface area contributed by atoms with E-state index in [1.807, 2.05) is 13.8 Å². The average Bonchev–Trinajstić information content (AvgIpc) is 2.27. The highest BCUT2D eigenvalue weighted by molar-refractivity contribution is 5.85. The average molecular weight is 294 g/mol. The van der Waals surface area contributed by atoms with Crippen molar-refractivity contribution in [1.29, 1.82) is 0 Å². The Morgan fingerprint density at radius 1 is 1.00 bits per heavy atom. The van der Waals surface area contributed by atoms with Crippen LogP contribution in [0.25, 0.3) is 0 Å². The lowest BCUT2D eigenvalue weighted by atomic mass is 10.1. The number of carbonyl (C=O) groups excluding carboxylic acids is 2. The summed E-state index contributed by atoms with van der Waals surface area (Å²) in [6.07, 6.45) is 4.92. The SMILES string of the molecule is CC(C)NC(=O)CCNC(=O)CCCCCCN.Cl. The number of hydrogen-bond acceptors (Lipinski definition) is 3. The molecule has 0 aromatic heterocycles. The van der Waals surface area contributed by atoms with Crippen LogP contribution in [0.5, 0.6) is 0 Å². The van der Waals surface area contributed by atoms with Gasteiger partial charge in [-0.1, -0.05) is 12.8 Å². The molecule has 0 saturated carbocycles. The standard InChI is InChI=1S/C13H27N3O2.ClH/c1-11(2)16-13(18)8-10-15-12(17)7-5-3-4-6-9-14;/h11H,3-10,14H2,1-2H3,(H,15,17)(H,16,18);1H. The molecule has 0 aliphatic rings. The summed E-state index contributed by atoms with van der Waals surface area (Å²) in [5, 5.41) is 5.53. The fourth-order valence-corrected chi connectivity index (χ4v) is 1.58. The van der Waals surface area contributed by atoms with Crippen LogP contribution in [0.1, 0.15) is 52.4 Å². The number of carbonyl (C=O) groups is 2. The lowest BCUT2D eigenvalue weighted by Crippen LogP contribution is -2.34. The van der Waals surface area contributed by atoms with E-state index in [9.17, 15) is 9.59 Å². The van der Waals surface area contributed by atoms with Crippen LogP contribution in [0.3, 0.4) is 0 Å². The minimum Gasteiger partial charge on any atom is -0.356 e. The molecule has 0 saturated heterocycles. The number of nitrogens with one attached hydrogen (secondary N) is 2. The van der Waals surface area contributed by atoms with E-state index >= 15 is 0 Å². The monoisotopic (exact) mass is 293 g/mol. The second-order valence-corrected chi connectivity index (χ2v) is 4.78. The van der Waals surface area contributed by atoms with Crippen LogP contribution in [0.2, 0.25) is 0 Å². The van der Waals surface area contributed by atoms with Gasteiger partial charge in [-0.05, 0) is 33.2 Å². The molecule has 5 nitrogen and oxygen atoms in total. The van der Waals surface area contributed by atoms with Crippen molar-refractivity contribution in [3.8, 4) is 0 Å². The Balaban J connectivity index is 0. The first-order valence-electron chi connectivity index (χ1n) is 6.82. The molecule has 0 aliphatic heterocycles. The van der Waals surface area contributed by atoms with Gasteiger partial charge >= 0.3 is 0 Å². The zero-order chi connectivity index (χ0) is 13.8. The Morgan fingerprint density at radius 2 is 1.63 bits per heavy atom. The van der Waals surface area contributed by atoms with Gasteiger partial charge in [-0.15, -0.1) is 12.4 Å². The molecular weight excluding hydrogens is 266 g/mol. The zero-order valence-electron chi connectivity index (χ0n) is 12.0. The second-order valence-electron chi connectivity index (χ2n) is 4.78. The number of nitrogens with two attached hydrogens (primary N) is 1. The largest absolute Gasteiger partial charge is 0.356 e. The molecule has 0 heterocycles. The van der Waals surface area contributed by atoms with Crippen LogP contribution in [-0.2, 0) is 9.59 Å². The minimum absolute atomic E-state index is 0. The van der Waals surface area contributed by atoms with E-state index in [2.05, 4.69) is 10.6 Å². The van der Waals surface area contributed by atoms with Gasteiger partial charge < -0.3 is 16.4 Å². The smallest absolute Gasteiger partial charge is 0.221 e. The Labute approximate surface area is 122 Å². The maximum atomic E-state index is 11.4. The number of rotatable bonds is 10. The number of hydrogen-bond donors (Lipinski definition) is 3. The Bertz CT molecular complexity index is 248. The highest BCUT2D eigenvalue weighted by Gasteiger charge is 2.04. The van der Waals surface area contributed by atoms with Gasteiger partial charge in [-0.3, -0.25) is 9.59 Å². The van der Waals surface area contributed by atoms with Gasteiger partial charge in [0.05, 0.1) is 0 Å². The van der Waals surface area contributed by atoms with Gasteiger partial charge in [0.2, 0.25) is 11.8 Å². The van der Waals surface area contributed by atoms with Gasteiger partial charge in [0, 0.05) is 25.4 Å². The quantitative estimate of drug-likeness (QED) is 0.532. The first kappa shape index (κ1) is 20.5. The molecular formula is C13H28ClN3O2. The molecule has 0 aromatic carbocycles. The molecule has 0 rings (SSSR count). The molecule has 6 heteroatoms. The highest BCUT2D eigenvalue weighted by atomic mass is 35.5. The summed E-state index contributed by atoms with van der Waals surface area (Å²) in [4.78, 5) is 22.7. The number of amides is 2. The molecule has 114 valence electrons. The highest BCUT2D eigenvalue weighted by Crippen LogP contribution is 2.01. The third kappa shape index (κ3) is 15.1. The van der Waals surface area contributed by atoms with E-state index in [4.69, 9.17) is 5.73 Å². The Kier molecular flexibility index (Phi) is 14.7. The maximum absolute atomic E-state index is 11.4. The van der Waals surface area contributed by atoms with Gasteiger partial charge in [0.25, 0.3) is 0 Å². The molecule has 2 amide bonds. The van der Waals surface area contributed by atoms with E-state index in [1.54, 1.807) is 0 Å². The van der Waals surface area contributed by atoms with Gasteiger partial charge in [-0.25, -0.2) is 0 Å². The topological polar surface area (TPSA) is 84.2 Å². The molecule has 0 fully saturated rings. The number of halogens is 1. The van der Waals surface area contributed by atoms with Gasteiger partial charge in [0.15, 0.2) is 0 Å². The van der Waals surface area contributed by atoms with Crippen molar-refractivity contribution < 1.29 is 9.59 Å². The molecule has 4 N–H and O–H groups in total. The van der Waals surface area contributed by atoms with Crippen molar-refractivity contribution in [2.24, 2.45) is 5.73 Å². The molecule has 0 atom stereocenters. The second kappa shape index (κ2) is 13.6. The van der Waals surface area contributed by atoms with Crippen molar-refractivity contribution in [2.45, 2.75) is 58.4 Å². The van der Waals surface area contributed by atoms with Crippen molar-refractivity contribution in [3.05, 3.63) is 0 Å². The molecule has 0 aliphatic carbocycles. The van der Waals surface area contributed by atoms with E-state index < -0.39 is 0 Å². The Hall–Kier alpha value is -0.810. The summed E-state index contributed by atoms with van der Waals surface area (Å²) in [7, 11) is 0. The van der Waals surface area contributed by atoms with E-state index in [0.717, 1.165) is 32.2 Å². The first-order valence-corrected chi connectivity index (χ1v) is 6.82. The molecule has 0 bridgehead atoms. The van der Waals surface area contributed by atoms with Crippen LogP contribution >= 0.6 is 12.4 Å². The van der Waals surface area contributed by atoms with Crippen LogP contribution in [0, 0.1) is 0 Å². The van der Waals surface area contributed by atoms with Crippen LogP contribution in [-0.4, -0.2) is 30.9 Å². The maximum Gasteiger partial charge on any atom is 0.221 e. The van der Waals surface area contributed by atoms with Crippen LogP contribution in [0.4, 0.5) is 0 Å². The van der Waals surface area contributed by atoms with Crippen molar-refractivity contribution in [2.75, 3.05) is 13.1 Å². The van der Waals surface area contributed by atoms with Crippen molar-refractivity contribution in [3.63, 3.8) is 0 Å². The fraction of sp³-hybridized carbons (Fsp3) is 0.846.